The Kier molecular flexibility index (Phi) is 5.25. The Morgan fingerprint density at radius 2 is 2.32 bits per heavy atom. The second-order valence-corrected chi connectivity index (χ2v) is 6.12. The number of hydrogen-bond acceptors (Lipinski definition) is 2. The van der Waals surface area contributed by atoms with Gasteiger partial charge >= 0.3 is 0 Å². The third-order valence-corrected chi connectivity index (χ3v) is 4.38. The van der Waals surface area contributed by atoms with Gasteiger partial charge in [0.05, 0.1) is 5.56 Å². The molecule has 19 heavy (non-hydrogen) atoms. The molecule has 104 valence electrons. The summed E-state index contributed by atoms with van der Waals surface area (Å²) < 4.78 is 0.763. The van der Waals surface area contributed by atoms with Crippen LogP contribution < -0.4 is 5.32 Å². The van der Waals surface area contributed by atoms with E-state index in [4.69, 9.17) is 11.6 Å². The molecule has 1 aliphatic heterocycles. The Morgan fingerprint density at radius 3 is 3.00 bits per heavy atom. The molecule has 1 aromatic rings. The smallest absolute Gasteiger partial charge is 0.255 e. The third kappa shape index (κ3) is 3.50. The lowest BCUT2D eigenvalue weighted by molar-refractivity contribution is 0.0614. The SMILES string of the molecule is CNCC1CCCCN1C(=O)c1ccc(Cl)cc1Br. The largest absolute Gasteiger partial charge is 0.334 e. The molecule has 3 nitrogen and oxygen atoms in total. The lowest BCUT2D eigenvalue weighted by Crippen LogP contribution is -2.48. The molecule has 1 saturated heterocycles. The predicted molar refractivity (Wildman–Crippen MR) is 81.8 cm³/mol. The first-order valence-corrected chi connectivity index (χ1v) is 7.71. The molecule has 2 rings (SSSR count). The summed E-state index contributed by atoms with van der Waals surface area (Å²) in [6.45, 7) is 1.68. The second kappa shape index (κ2) is 6.73. The Bertz CT molecular complexity index is 465. The van der Waals surface area contributed by atoms with Crippen LogP contribution in [0, 0.1) is 0 Å². The summed E-state index contributed by atoms with van der Waals surface area (Å²) in [4.78, 5) is 14.6. The molecule has 1 aromatic carbocycles. The van der Waals surface area contributed by atoms with Crippen molar-refractivity contribution in [3.05, 3.63) is 33.3 Å². The van der Waals surface area contributed by atoms with E-state index in [0.717, 1.165) is 30.4 Å². The quantitative estimate of drug-likeness (QED) is 0.911. The number of amides is 1. The summed E-state index contributed by atoms with van der Waals surface area (Å²) in [5, 5.41) is 3.80. The van der Waals surface area contributed by atoms with E-state index in [1.54, 1.807) is 18.2 Å². The molecule has 1 N–H and O–H groups in total. The van der Waals surface area contributed by atoms with E-state index in [1.165, 1.54) is 6.42 Å². The van der Waals surface area contributed by atoms with E-state index >= 15 is 0 Å². The fraction of sp³-hybridized carbons (Fsp3) is 0.500. The van der Waals surface area contributed by atoms with Crippen LogP contribution in [0.5, 0.6) is 0 Å². The van der Waals surface area contributed by atoms with Gasteiger partial charge in [0.1, 0.15) is 0 Å². The van der Waals surface area contributed by atoms with Crippen LogP contribution in [-0.2, 0) is 0 Å². The predicted octanol–water partition coefficient (Wildman–Crippen LogP) is 3.32. The van der Waals surface area contributed by atoms with Crippen molar-refractivity contribution in [3.8, 4) is 0 Å². The summed E-state index contributed by atoms with van der Waals surface area (Å²) in [6.07, 6.45) is 3.34. The molecule has 1 fully saturated rings. The Balaban J connectivity index is 2.21. The first-order valence-electron chi connectivity index (χ1n) is 6.54. The molecule has 5 heteroatoms. The van der Waals surface area contributed by atoms with E-state index in [0.29, 0.717) is 10.6 Å². The van der Waals surface area contributed by atoms with Crippen LogP contribution >= 0.6 is 27.5 Å². The number of piperidine rings is 1. The summed E-state index contributed by atoms with van der Waals surface area (Å²) >= 11 is 9.35. The Labute approximate surface area is 127 Å². The van der Waals surface area contributed by atoms with Gasteiger partial charge in [0, 0.05) is 28.6 Å². The van der Waals surface area contributed by atoms with Gasteiger partial charge in [-0.1, -0.05) is 11.6 Å². The van der Waals surface area contributed by atoms with Gasteiger partial charge in [0.25, 0.3) is 5.91 Å². The van der Waals surface area contributed by atoms with Gasteiger partial charge in [-0.3, -0.25) is 4.79 Å². The summed E-state index contributed by atoms with van der Waals surface area (Å²) in [5.41, 5.74) is 0.687. The molecule has 0 aromatic heterocycles. The summed E-state index contributed by atoms with van der Waals surface area (Å²) in [6, 6.07) is 5.61. The molecule has 0 aliphatic carbocycles. The van der Waals surface area contributed by atoms with Crippen molar-refractivity contribution in [1.82, 2.24) is 10.2 Å². The van der Waals surface area contributed by atoms with Crippen LogP contribution in [0.2, 0.25) is 5.02 Å². The monoisotopic (exact) mass is 344 g/mol. The maximum atomic E-state index is 12.6. The van der Waals surface area contributed by atoms with Gasteiger partial charge in [-0.15, -0.1) is 0 Å². The highest BCUT2D eigenvalue weighted by Gasteiger charge is 2.27. The van der Waals surface area contributed by atoms with Gasteiger partial charge in [-0.25, -0.2) is 0 Å². The zero-order chi connectivity index (χ0) is 13.8. The summed E-state index contributed by atoms with van der Waals surface area (Å²) in [7, 11) is 1.93. The van der Waals surface area contributed by atoms with Crippen molar-refractivity contribution < 1.29 is 4.79 Å². The van der Waals surface area contributed by atoms with Gasteiger partial charge < -0.3 is 10.2 Å². The molecule has 0 spiro atoms. The van der Waals surface area contributed by atoms with Crippen molar-refractivity contribution in [2.45, 2.75) is 25.3 Å². The van der Waals surface area contributed by atoms with E-state index < -0.39 is 0 Å². The van der Waals surface area contributed by atoms with E-state index in [-0.39, 0.29) is 11.9 Å². The van der Waals surface area contributed by atoms with Crippen LogP contribution in [0.4, 0.5) is 0 Å². The van der Waals surface area contributed by atoms with Crippen molar-refractivity contribution in [1.29, 1.82) is 0 Å². The zero-order valence-corrected chi connectivity index (χ0v) is 13.3. The molecule has 0 radical (unpaired) electrons. The van der Waals surface area contributed by atoms with E-state index in [2.05, 4.69) is 21.2 Å². The lowest BCUT2D eigenvalue weighted by Gasteiger charge is -2.36. The lowest BCUT2D eigenvalue weighted by atomic mass is 10.0. The molecule has 1 amide bonds. The number of benzene rings is 1. The van der Waals surface area contributed by atoms with Crippen LogP contribution in [-0.4, -0.2) is 37.0 Å². The molecule has 0 saturated carbocycles. The van der Waals surface area contributed by atoms with Gasteiger partial charge in [-0.05, 0) is 60.4 Å². The number of rotatable bonds is 3. The standard InChI is InChI=1S/C14H18BrClN2O/c1-17-9-11-4-2-3-7-18(11)14(19)12-6-5-10(16)8-13(12)15/h5-6,8,11,17H,2-4,7,9H2,1H3. The number of hydrogen-bond donors (Lipinski definition) is 1. The number of carbonyl (C=O) groups is 1. The molecule has 1 atom stereocenters. The maximum absolute atomic E-state index is 12.6. The highest BCUT2D eigenvalue weighted by molar-refractivity contribution is 9.10. The molecule has 1 unspecified atom stereocenters. The fourth-order valence-electron chi connectivity index (χ4n) is 2.53. The molecular formula is C14H18BrClN2O. The normalized spacial score (nSPS) is 19.5. The number of likely N-dealkylation sites (tertiary alicyclic amines) is 1. The minimum atomic E-state index is 0.0866. The summed E-state index contributed by atoms with van der Waals surface area (Å²) in [5.74, 6) is 0.0866. The van der Waals surface area contributed by atoms with Gasteiger partial charge in [0.15, 0.2) is 0 Å². The fourth-order valence-corrected chi connectivity index (χ4v) is 3.39. The molecular weight excluding hydrogens is 328 g/mol. The number of likely N-dealkylation sites (N-methyl/N-ethyl adjacent to an activating group) is 1. The van der Waals surface area contributed by atoms with Crippen LogP contribution in [0.15, 0.2) is 22.7 Å². The molecule has 1 aliphatic rings. The van der Waals surface area contributed by atoms with E-state index in [9.17, 15) is 4.79 Å². The highest BCUT2D eigenvalue weighted by atomic mass is 79.9. The van der Waals surface area contributed by atoms with Crippen molar-refractivity contribution >= 4 is 33.4 Å². The van der Waals surface area contributed by atoms with Crippen LogP contribution in [0.25, 0.3) is 0 Å². The van der Waals surface area contributed by atoms with Crippen molar-refractivity contribution in [3.63, 3.8) is 0 Å². The highest BCUT2D eigenvalue weighted by Crippen LogP contribution is 2.25. The topological polar surface area (TPSA) is 32.3 Å². The second-order valence-electron chi connectivity index (χ2n) is 4.83. The molecule has 1 heterocycles. The first kappa shape index (κ1) is 14.8. The average molecular weight is 346 g/mol. The van der Waals surface area contributed by atoms with Crippen molar-refractivity contribution in [2.75, 3.05) is 20.1 Å². The number of nitrogens with zero attached hydrogens (tertiary/aromatic N) is 1. The van der Waals surface area contributed by atoms with Gasteiger partial charge in [-0.2, -0.15) is 0 Å². The van der Waals surface area contributed by atoms with Crippen LogP contribution in [0.3, 0.4) is 0 Å². The number of carbonyl (C=O) groups excluding carboxylic acids is 1. The van der Waals surface area contributed by atoms with Crippen LogP contribution in [0.1, 0.15) is 29.6 Å². The number of nitrogens with one attached hydrogen (secondary N) is 1. The van der Waals surface area contributed by atoms with Gasteiger partial charge in [0.2, 0.25) is 0 Å². The average Bonchev–Trinajstić information content (AvgIpc) is 2.39. The number of halogens is 2. The minimum absolute atomic E-state index is 0.0866. The zero-order valence-electron chi connectivity index (χ0n) is 11.0. The molecule has 0 bridgehead atoms. The minimum Gasteiger partial charge on any atom is -0.334 e. The maximum Gasteiger partial charge on any atom is 0.255 e. The van der Waals surface area contributed by atoms with E-state index in [1.807, 2.05) is 11.9 Å². The first-order chi connectivity index (χ1) is 9.13. The Morgan fingerprint density at radius 1 is 1.53 bits per heavy atom. The Hall–Kier alpha value is -0.580. The third-order valence-electron chi connectivity index (χ3n) is 3.49. The van der Waals surface area contributed by atoms with Crippen molar-refractivity contribution in [2.24, 2.45) is 0 Å².